The van der Waals surface area contributed by atoms with Gasteiger partial charge in [0.25, 0.3) is 5.91 Å². The topological polar surface area (TPSA) is 83.6 Å². The van der Waals surface area contributed by atoms with Crippen LogP contribution < -0.4 is 0 Å². The maximum atomic E-state index is 12.7. The van der Waals surface area contributed by atoms with E-state index in [1.807, 2.05) is 20.8 Å². The highest BCUT2D eigenvalue weighted by atomic mass is 16.5. The number of aromatic nitrogens is 1. The molecule has 1 aliphatic heterocycles. The zero-order valence-corrected chi connectivity index (χ0v) is 13.5. The Kier molecular flexibility index (Phi) is 4.88. The fourth-order valence-electron chi connectivity index (χ4n) is 2.73. The average molecular weight is 308 g/mol. The Bertz CT molecular complexity index is 545. The molecule has 1 aliphatic rings. The van der Waals surface area contributed by atoms with Crippen molar-refractivity contribution in [2.45, 2.75) is 64.3 Å². The van der Waals surface area contributed by atoms with Crippen molar-refractivity contribution in [3.05, 3.63) is 17.5 Å². The largest absolute Gasteiger partial charge is 0.481 e. The second-order valence-electron chi connectivity index (χ2n) is 6.91. The third-order valence-electron chi connectivity index (χ3n) is 4.05. The number of hydrogen-bond donors (Lipinski definition) is 1. The van der Waals surface area contributed by atoms with Crippen molar-refractivity contribution in [2.24, 2.45) is 0 Å². The van der Waals surface area contributed by atoms with Gasteiger partial charge in [-0.05, 0) is 25.7 Å². The summed E-state index contributed by atoms with van der Waals surface area (Å²) in [5, 5.41) is 12.8. The number of rotatable bonds is 4. The Hall–Kier alpha value is -1.85. The monoisotopic (exact) mass is 308 g/mol. The molecule has 1 aromatic heterocycles. The summed E-state index contributed by atoms with van der Waals surface area (Å²) in [5.41, 5.74) is 0.114. The molecule has 1 aromatic rings. The molecule has 2 heterocycles. The molecule has 1 fully saturated rings. The summed E-state index contributed by atoms with van der Waals surface area (Å²) in [5.74, 6) is -0.307. The van der Waals surface area contributed by atoms with Gasteiger partial charge in [-0.3, -0.25) is 9.59 Å². The third-order valence-corrected chi connectivity index (χ3v) is 4.05. The molecule has 0 aromatic carbocycles. The van der Waals surface area contributed by atoms with Crippen molar-refractivity contribution in [3.63, 3.8) is 0 Å². The van der Waals surface area contributed by atoms with Gasteiger partial charge in [0, 0.05) is 30.5 Å². The minimum Gasteiger partial charge on any atom is -0.481 e. The first kappa shape index (κ1) is 16.5. The lowest BCUT2D eigenvalue weighted by molar-refractivity contribution is -0.137. The molecular weight excluding hydrogens is 284 g/mol. The molecule has 1 atom stereocenters. The fraction of sp³-hybridized carbons (Fsp3) is 0.688. The Morgan fingerprint density at radius 3 is 2.73 bits per heavy atom. The van der Waals surface area contributed by atoms with Crippen LogP contribution in [0.1, 0.15) is 69.1 Å². The summed E-state index contributed by atoms with van der Waals surface area (Å²) < 4.78 is 5.28. The molecule has 1 unspecified atom stereocenters. The van der Waals surface area contributed by atoms with E-state index < -0.39 is 5.97 Å². The van der Waals surface area contributed by atoms with Crippen LogP contribution in [-0.2, 0) is 10.2 Å². The molecule has 1 N–H and O–H groups in total. The van der Waals surface area contributed by atoms with Gasteiger partial charge in [0.1, 0.15) is 5.76 Å². The maximum Gasteiger partial charge on any atom is 0.303 e. The summed E-state index contributed by atoms with van der Waals surface area (Å²) in [6.45, 7) is 6.65. The Morgan fingerprint density at radius 1 is 1.41 bits per heavy atom. The van der Waals surface area contributed by atoms with Crippen LogP contribution in [0.3, 0.4) is 0 Å². The molecule has 0 spiro atoms. The van der Waals surface area contributed by atoms with Gasteiger partial charge in [0.15, 0.2) is 5.69 Å². The van der Waals surface area contributed by atoms with Crippen molar-refractivity contribution < 1.29 is 19.2 Å². The molecule has 1 saturated heterocycles. The predicted molar refractivity (Wildman–Crippen MR) is 80.7 cm³/mol. The number of carbonyl (C=O) groups excluding carboxylic acids is 1. The molecule has 0 aliphatic carbocycles. The number of carboxylic acid groups (broad SMARTS) is 1. The molecule has 1 amide bonds. The predicted octanol–water partition coefficient (Wildman–Crippen LogP) is 2.83. The van der Waals surface area contributed by atoms with Gasteiger partial charge in [0.05, 0.1) is 0 Å². The van der Waals surface area contributed by atoms with Crippen LogP contribution in [0.15, 0.2) is 10.6 Å². The van der Waals surface area contributed by atoms with Crippen LogP contribution in [0.5, 0.6) is 0 Å². The van der Waals surface area contributed by atoms with Crippen LogP contribution in [-0.4, -0.2) is 39.6 Å². The van der Waals surface area contributed by atoms with E-state index in [9.17, 15) is 9.59 Å². The molecule has 0 radical (unpaired) electrons. The standard InChI is InChI=1S/C16H24N2O4/c1-16(2,3)13-10-12(17-22-13)15(21)18-9-5-4-6-11(18)7-8-14(19)20/h10-11H,4-9H2,1-3H3,(H,19,20). The van der Waals surface area contributed by atoms with Gasteiger partial charge in [-0.2, -0.15) is 0 Å². The molecule has 22 heavy (non-hydrogen) atoms. The fourth-order valence-corrected chi connectivity index (χ4v) is 2.73. The summed E-state index contributed by atoms with van der Waals surface area (Å²) in [7, 11) is 0. The molecule has 6 heteroatoms. The van der Waals surface area contributed by atoms with Gasteiger partial charge in [0.2, 0.25) is 0 Å². The van der Waals surface area contributed by atoms with Crippen LogP contribution in [0.2, 0.25) is 0 Å². The van der Waals surface area contributed by atoms with Crippen molar-refractivity contribution in [1.29, 1.82) is 0 Å². The quantitative estimate of drug-likeness (QED) is 0.924. The van der Waals surface area contributed by atoms with Gasteiger partial charge < -0.3 is 14.5 Å². The first-order valence-corrected chi connectivity index (χ1v) is 7.79. The lowest BCUT2D eigenvalue weighted by Crippen LogP contribution is -2.44. The first-order valence-electron chi connectivity index (χ1n) is 7.79. The van der Waals surface area contributed by atoms with Crippen molar-refractivity contribution in [2.75, 3.05) is 6.54 Å². The third kappa shape index (κ3) is 3.87. The zero-order chi connectivity index (χ0) is 16.3. The molecule has 0 saturated carbocycles. The average Bonchev–Trinajstić information content (AvgIpc) is 2.94. The summed E-state index contributed by atoms with van der Waals surface area (Å²) in [6.07, 6.45) is 3.40. The molecule has 122 valence electrons. The number of amides is 1. The van der Waals surface area contributed by atoms with Crippen molar-refractivity contribution in [1.82, 2.24) is 10.1 Å². The van der Waals surface area contributed by atoms with E-state index in [-0.39, 0.29) is 23.8 Å². The first-order chi connectivity index (χ1) is 10.3. The van der Waals surface area contributed by atoms with E-state index in [1.165, 1.54) is 0 Å². The van der Waals surface area contributed by atoms with Gasteiger partial charge >= 0.3 is 5.97 Å². The maximum absolute atomic E-state index is 12.7. The highest BCUT2D eigenvalue weighted by molar-refractivity contribution is 5.92. The second-order valence-corrected chi connectivity index (χ2v) is 6.91. The zero-order valence-electron chi connectivity index (χ0n) is 13.5. The summed E-state index contributed by atoms with van der Waals surface area (Å²) >= 11 is 0. The number of nitrogens with zero attached hydrogens (tertiary/aromatic N) is 2. The van der Waals surface area contributed by atoms with Crippen molar-refractivity contribution in [3.8, 4) is 0 Å². The lowest BCUT2D eigenvalue weighted by Gasteiger charge is -2.35. The van der Waals surface area contributed by atoms with Crippen LogP contribution >= 0.6 is 0 Å². The van der Waals surface area contributed by atoms with Crippen molar-refractivity contribution >= 4 is 11.9 Å². The Labute approximate surface area is 130 Å². The number of hydrogen-bond acceptors (Lipinski definition) is 4. The van der Waals surface area contributed by atoms with E-state index >= 15 is 0 Å². The summed E-state index contributed by atoms with van der Waals surface area (Å²) in [4.78, 5) is 25.2. The smallest absolute Gasteiger partial charge is 0.303 e. The highest BCUT2D eigenvalue weighted by Crippen LogP contribution is 2.26. The lowest BCUT2D eigenvalue weighted by atomic mass is 9.93. The number of carbonyl (C=O) groups is 2. The normalized spacial score (nSPS) is 19.2. The van der Waals surface area contributed by atoms with Gasteiger partial charge in [-0.1, -0.05) is 25.9 Å². The Balaban J connectivity index is 2.11. The minimum atomic E-state index is -0.825. The molecular formula is C16H24N2O4. The Morgan fingerprint density at radius 2 is 2.14 bits per heavy atom. The number of aliphatic carboxylic acids is 1. The van der Waals surface area contributed by atoms with Crippen LogP contribution in [0.4, 0.5) is 0 Å². The highest BCUT2D eigenvalue weighted by Gasteiger charge is 2.30. The number of likely N-dealkylation sites (tertiary alicyclic amines) is 1. The second kappa shape index (κ2) is 6.50. The van der Waals surface area contributed by atoms with Gasteiger partial charge in [-0.25, -0.2) is 0 Å². The minimum absolute atomic E-state index is 0.0212. The molecule has 2 rings (SSSR count). The number of piperidine rings is 1. The SMILES string of the molecule is CC(C)(C)c1cc(C(=O)N2CCCCC2CCC(=O)O)no1. The van der Waals surface area contributed by atoms with E-state index in [4.69, 9.17) is 9.63 Å². The van der Waals surface area contributed by atoms with E-state index in [0.29, 0.717) is 24.4 Å². The number of carboxylic acids is 1. The van der Waals surface area contributed by atoms with Crippen LogP contribution in [0.25, 0.3) is 0 Å². The van der Waals surface area contributed by atoms with Crippen LogP contribution in [0, 0.1) is 0 Å². The van der Waals surface area contributed by atoms with Gasteiger partial charge in [-0.15, -0.1) is 0 Å². The van der Waals surface area contributed by atoms with E-state index in [1.54, 1.807) is 11.0 Å². The summed E-state index contributed by atoms with van der Waals surface area (Å²) in [6, 6.07) is 1.68. The molecule has 0 bridgehead atoms. The van der Waals surface area contributed by atoms with E-state index in [2.05, 4.69) is 5.16 Å². The molecule has 6 nitrogen and oxygen atoms in total. The van der Waals surface area contributed by atoms with E-state index in [0.717, 1.165) is 19.3 Å².